The van der Waals surface area contributed by atoms with Crippen molar-refractivity contribution in [2.45, 2.75) is 58.2 Å². The van der Waals surface area contributed by atoms with E-state index in [2.05, 4.69) is 49.2 Å². The first-order chi connectivity index (χ1) is 17.0. The zero-order valence-corrected chi connectivity index (χ0v) is 21.2. The van der Waals surface area contributed by atoms with Crippen LogP contribution in [-0.2, 0) is 23.6 Å². The zero-order chi connectivity index (χ0) is 23.9. The van der Waals surface area contributed by atoms with Gasteiger partial charge in [-0.05, 0) is 85.0 Å². The summed E-state index contributed by atoms with van der Waals surface area (Å²) in [6, 6.07) is 12.8. The summed E-state index contributed by atoms with van der Waals surface area (Å²) in [5, 5.41) is 0. The molecule has 1 aliphatic carbocycles. The molecule has 0 bridgehead atoms. The Labute approximate surface area is 209 Å². The first-order valence-corrected chi connectivity index (χ1v) is 14.1. The first-order valence-electron chi connectivity index (χ1n) is 12.6. The summed E-state index contributed by atoms with van der Waals surface area (Å²) in [5.41, 5.74) is 8.77. The van der Waals surface area contributed by atoms with Gasteiger partial charge in [-0.2, -0.15) is 0 Å². The second-order valence-corrected chi connectivity index (χ2v) is 11.5. The lowest BCUT2D eigenvalue weighted by molar-refractivity contribution is 0.191. The molecule has 0 radical (unpaired) electrons. The molecule has 0 N–H and O–H groups in total. The van der Waals surface area contributed by atoms with Crippen LogP contribution in [0, 0.1) is 13.8 Å². The third-order valence-corrected chi connectivity index (χ3v) is 8.82. The van der Waals surface area contributed by atoms with E-state index in [0.29, 0.717) is 5.88 Å². The molecule has 35 heavy (non-hydrogen) atoms. The van der Waals surface area contributed by atoms with Crippen LogP contribution in [0.15, 0.2) is 42.6 Å². The predicted octanol–water partition coefficient (Wildman–Crippen LogP) is 5.66. The van der Waals surface area contributed by atoms with Gasteiger partial charge < -0.3 is 14.2 Å². The number of fused-ring (bicyclic) bond motifs is 2. The van der Waals surface area contributed by atoms with Gasteiger partial charge in [-0.1, -0.05) is 18.2 Å². The number of ether oxygens (including phenoxy) is 3. The second-order valence-electron chi connectivity index (χ2n) is 9.84. The van der Waals surface area contributed by atoms with Crippen LogP contribution in [0.25, 0.3) is 11.1 Å². The number of aromatic nitrogens is 1. The van der Waals surface area contributed by atoms with Gasteiger partial charge in [0.05, 0.1) is 6.61 Å². The molecule has 0 saturated carbocycles. The van der Waals surface area contributed by atoms with Crippen molar-refractivity contribution in [2.24, 2.45) is 0 Å². The molecular formula is C29H31NO4S. The second kappa shape index (κ2) is 9.30. The van der Waals surface area contributed by atoms with Crippen molar-refractivity contribution in [3.8, 4) is 28.5 Å². The van der Waals surface area contributed by atoms with E-state index in [9.17, 15) is 4.21 Å². The van der Waals surface area contributed by atoms with Gasteiger partial charge in [0.25, 0.3) is 0 Å². The summed E-state index contributed by atoms with van der Waals surface area (Å²) < 4.78 is 30.0. The van der Waals surface area contributed by atoms with Gasteiger partial charge in [-0.25, -0.2) is 4.98 Å². The van der Waals surface area contributed by atoms with Crippen molar-refractivity contribution in [1.82, 2.24) is 4.98 Å². The lowest BCUT2D eigenvalue weighted by atomic mass is 9.90. The topological polar surface area (TPSA) is 57.7 Å². The highest BCUT2D eigenvalue weighted by Gasteiger charge is 2.28. The Morgan fingerprint density at radius 2 is 1.80 bits per heavy atom. The van der Waals surface area contributed by atoms with Crippen LogP contribution in [0.1, 0.15) is 53.2 Å². The third kappa shape index (κ3) is 4.44. The lowest BCUT2D eigenvalue weighted by Gasteiger charge is -2.24. The van der Waals surface area contributed by atoms with E-state index in [1.54, 1.807) is 0 Å². The molecule has 1 unspecified atom stereocenters. The van der Waals surface area contributed by atoms with Crippen molar-refractivity contribution < 1.29 is 18.4 Å². The van der Waals surface area contributed by atoms with Gasteiger partial charge in [0, 0.05) is 46.6 Å². The van der Waals surface area contributed by atoms with Gasteiger partial charge in [0.1, 0.15) is 23.7 Å². The third-order valence-electron chi connectivity index (χ3n) is 7.44. The molecule has 182 valence electrons. The Hall–Kier alpha value is -2.86. The summed E-state index contributed by atoms with van der Waals surface area (Å²) in [7, 11) is -0.673. The molecule has 3 aliphatic rings. The highest BCUT2D eigenvalue weighted by molar-refractivity contribution is 7.85. The molecular weight excluding hydrogens is 458 g/mol. The molecule has 0 amide bonds. The van der Waals surface area contributed by atoms with E-state index in [1.807, 2.05) is 12.3 Å². The van der Waals surface area contributed by atoms with Crippen molar-refractivity contribution in [2.75, 3.05) is 18.1 Å². The molecule has 2 aromatic carbocycles. The Balaban J connectivity index is 1.25. The maximum absolute atomic E-state index is 11.7. The van der Waals surface area contributed by atoms with Crippen molar-refractivity contribution in [3.05, 3.63) is 70.4 Å². The van der Waals surface area contributed by atoms with Crippen LogP contribution in [0.4, 0.5) is 0 Å². The number of pyridine rings is 1. The minimum Gasteiger partial charge on any atom is -0.493 e. The maximum Gasteiger partial charge on any atom is 0.217 e. The van der Waals surface area contributed by atoms with Crippen molar-refractivity contribution >= 4 is 10.8 Å². The van der Waals surface area contributed by atoms with E-state index in [0.717, 1.165) is 67.3 Å². The van der Waals surface area contributed by atoms with Crippen LogP contribution < -0.4 is 14.2 Å². The standard InChI is InChI=1S/C29H31NO4S/c1-18-14-22(33-21-9-12-35(31)13-10-21)15-19(2)29(18)25-5-3-4-24-23(25)6-7-26(24)34-28-16-27-20(17-30-28)8-11-32-27/h3-5,14-17,21,26H,6-13H2,1-2H3. The van der Waals surface area contributed by atoms with Crippen LogP contribution in [0.5, 0.6) is 17.4 Å². The summed E-state index contributed by atoms with van der Waals surface area (Å²) in [6.07, 6.45) is 6.61. The van der Waals surface area contributed by atoms with Gasteiger partial charge in [0.2, 0.25) is 5.88 Å². The molecule has 0 spiro atoms. The predicted molar refractivity (Wildman–Crippen MR) is 138 cm³/mol. The fraction of sp³-hybridized carbons (Fsp3) is 0.414. The monoisotopic (exact) mass is 489 g/mol. The Morgan fingerprint density at radius 1 is 1.00 bits per heavy atom. The van der Waals surface area contributed by atoms with E-state index < -0.39 is 10.8 Å². The molecule has 1 saturated heterocycles. The van der Waals surface area contributed by atoms with Crippen LogP contribution in [-0.4, -0.2) is 33.4 Å². The maximum atomic E-state index is 11.7. The molecule has 6 rings (SSSR count). The Kier molecular flexibility index (Phi) is 6.01. The molecule has 3 aromatic rings. The number of rotatable bonds is 5. The molecule has 6 heteroatoms. The average Bonchev–Trinajstić information content (AvgIpc) is 3.47. The molecule has 1 aromatic heterocycles. The smallest absolute Gasteiger partial charge is 0.217 e. The quantitative estimate of drug-likeness (QED) is 0.463. The normalized spacial score (nSPS) is 22.9. The summed E-state index contributed by atoms with van der Waals surface area (Å²) in [5.74, 6) is 3.94. The van der Waals surface area contributed by atoms with Crippen LogP contribution in [0.3, 0.4) is 0 Å². The van der Waals surface area contributed by atoms with E-state index >= 15 is 0 Å². The zero-order valence-electron chi connectivity index (χ0n) is 20.3. The minimum absolute atomic E-state index is 0.00280. The van der Waals surface area contributed by atoms with Gasteiger partial charge in [-0.15, -0.1) is 0 Å². The lowest BCUT2D eigenvalue weighted by Crippen LogP contribution is -2.27. The molecule has 2 aliphatic heterocycles. The number of aryl methyl sites for hydroxylation is 2. The summed E-state index contributed by atoms with van der Waals surface area (Å²) >= 11 is 0. The SMILES string of the molecule is Cc1cc(OC2CCS(=O)CC2)cc(C)c1-c1cccc2c1CCC2Oc1cc2c(cn1)CCO2. The van der Waals surface area contributed by atoms with Crippen molar-refractivity contribution in [1.29, 1.82) is 0 Å². The largest absolute Gasteiger partial charge is 0.493 e. The average molecular weight is 490 g/mol. The first kappa shape index (κ1) is 22.6. The van der Waals surface area contributed by atoms with E-state index in [4.69, 9.17) is 14.2 Å². The number of hydrogen-bond acceptors (Lipinski definition) is 5. The summed E-state index contributed by atoms with van der Waals surface area (Å²) in [4.78, 5) is 4.52. The Bertz CT molecular complexity index is 1270. The number of benzene rings is 2. The van der Waals surface area contributed by atoms with Gasteiger partial charge in [-0.3, -0.25) is 4.21 Å². The summed E-state index contributed by atoms with van der Waals surface area (Å²) in [6.45, 7) is 5.06. The molecule has 3 heterocycles. The van der Waals surface area contributed by atoms with Gasteiger partial charge in [0.15, 0.2) is 0 Å². The van der Waals surface area contributed by atoms with Crippen LogP contribution in [0.2, 0.25) is 0 Å². The number of hydrogen-bond donors (Lipinski definition) is 0. The fourth-order valence-corrected chi connectivity index (χ4v) is 6.98. The fourth-order valence-electron chi connectivity index (χ4n) is 5.72. The highest BCUT2D eigenvalue weighted by Crippen LogP contribution is 2.43. The molecule has 1 fully saturated rings. The highest BCUT2D eigenvalue weighted by atomic mass is 32.2. The minimum atomic E-state index is -0.673. The van der Waals surface area contributed by atoms with Crippen LogP contribution >= 0.6 is 0 Å². The van der Waals surface area contributed by atoms with E-state index in [-0.39, 0.29) is 12.2 Å². The van der Waals surface area contributed by atoms with E-state index in [1.165, 1.54) is 33.4 Å². The number of nitrogens with zero attached hydrogens (tertiary/aromatic N) is 1. The van der Waals surface area contributed by atoms with Crippen molar-refractivity contribution in [3.63, 3.8) is 0 Å². The van der Waals surface area contributed by atoms with Gasteiger partial charge >= 0.3 is 0 Å². The molecule has 5 nitrogen and oxygen atoms in total. The Morgan fingerprint density at radius 3 is 2.60 bits per heavy atom. The molecule has 1 atom stereocenters.